The van der Waals surface area contributed by atoms with E-state index in [1.807, 2.05) is 31.2 Å². The molecular formula is C13H13ClO2. The van der Waals surface area contributed by atoms with Crippen molar-refractivity contribution in [3.05, 3.63) is 47.0 Å². The number of hydrogen-bond acceptors (Lipinski definition) is 2. The third-order valence-electron chi connectivity index (χ3n) is 2.83. The van der Waals surface area contributed by atoms with E-state index in [9.17, 15) is 4.79 Å². The second-order valence-corrected chi connectivity index (χ2v) is 4.52. The Morgan fingerprint density at radius 3 is 2.62 bits per heavy atom. The largest absolute Gasteiger partial charge is 0.459 e. The van der Waals surface area contributed by atoms with Gasteiger partial charge in [0.15, 0.2) is 0 Å². The van der Waals surface area contributed by atoms with E-state index in [0.29, 0.717) is 10.6 Å². The molecule has 1 aromatic carbocycles. The lowest BCUT2D eigenvalue weighted by atomic mass is 9.85. The highest BCUT2D eigenvalue weighted by atomic mass is 35.5. The summed E-state index contributed by atoms with van der Waals surface area (Å²) in [7, 11) is 0. The fourth-order valence-electron chi connectivity index (χ4n) is 1.96. The second kappa shape index (κ2) is 4.30. The third kappa shape index (κ3) is 2.12. The maximum atomic E-state index is 11.5. The summed E-state index contributed by atoms with van der Waals surface area (Å²) >= 11 is 5.83. The van der Waals surface area contributed by atoms with Crippen LogP contribution >= 0.6 is 11.6 Å². The lowest BCUT2D eigenvalue weighted by Crippen LogP contribution is -2.28. The average molecular weight is 237 g/mol. The minimum absolute atomic E-state index is 0.0496. The lowest BCUT2D eigenvalue weighted by Gasteiger charge is -2.28. The van der Waals surface area contributed by atoms with E-state index in [4.69, 9.17) is 16.3 Å². The first-order chi connectivity index (χ1) is 7.58. The standard InChI is InChI=1S/C13H13ClO2/c1-8-7-12(9(2)13(15)16-8)10-3-5-11(14)6-4-10/h3-6,8,12H,2,7H2,1H3. The molecule has 0 aromatic heterocycles. The van der Waals surface area contributed by atoms with Crippen LogP contribution in [0.3, 0.4) is 0 Å². The van der Waals surface area contributed by atoms with Crippen molar-refractivity contribution >= 4 is 17.6 Å². The van der Waals surface area contributed by atoms with E-state index in [1.165, 1.54) is 0 Å². The van der Waals surface area contributed by atoms with Gasteiger partial charge in [-0.2, -0.15) is 0 Å². The van der Waals surface area contributed by atoms with Gasteiger partial charge in [0.05, 0.1) is 0 Å². The molecule has 1 fully saturated rings. The molecule has 1 aliphatic heterocycles. The quantitative estimate of drug-likeness (QED) is 0.552. The van der Waals surface area contributed by atoms with Gasteiger partial charge in [-0.05, 0) is 31.0 Å². The predicted octanol–water partition coefficient (Wildman–Crippen LogP) is 3.32. The van der Waals surface area contributed by atoms with Crippen LogP contribution in [0.1, 0.15) is 24.8 Å². The van der Waals surface area contributed by atoms with Crippen molar-refractivity contribution < 1.29 is 9.53 Å². The van der Waals surface area contributed by atoms with Crippen molar-refractivity contribution in [3.8, 4) is 0 Å². The highest BCUT2D eigenvalue weighted by Crippen LogP contribution is 2.34. The summed E-state index contributed by atoms with van der Waals surface area (Å²) in [5.74, 6) is -0.243. The molecule has 2 unspecified atom stereocenters. The number of ether oxygens (including phenoxy) is 1. The van der Waals surface area contributed by atoms with E-state index in [2.05, 4.69) is 6.58 Å². The van der Waals surface area contributed by atoms with Crippen LogP contribution in [-0.4, -0.2) is 12.1 Å². The molecule has 0 N–H and O–H groups in total. The molecule has 0 radical (unpaired) electrons. The van der Waals surface area contributed by atoms with Gasteiger partial charge in [0.2, 0.25) is 0 Å². The summed E-state index contributed by atoms with van der Waals surface area (Å²) in [6.45, 7) is 5.70. The Balaban J connectivity index is 2.28. The molecule has 1 heterocycles. The molecule has 16 heavy (non-hydrogen) atoms. The van der Waals surface area contributed by atoms with E-state index < -0.39 is 0 Å². The van der Waals surface area contributed by atoms with Crippen molar-refractivity contribution in [1.82, 2.24) is 0 Å². The zero-order valence-electron chi connectivity index (χ0n) is 9.07. The molecule has 2 nitrogen and oxygen atoms in total. The minimum Gasteiger partial charge on any atom is -0.459 e. The number of benzene rings is 1. The molecule has 1 saturated heterocycles. The summed E-state index contributed by atoms with van der Waals surface area (Å²) in [6.07, 6.45) is 0.727. The molecule has 84 valence electrons. The lowest BCUT2D eigenvalue weighted by molar-refractivity contribution is -0.147. The van der Waals surface area contributed by atoms with Crippen LogP contribution in [0.25, 0.3) is 0 Å². The van der Waals surface area contributed by atoms with Crippen molar-refractivity contribution in [2.45, 2.75) is 25.4 Å². The fourth-order valence-corrected chi connectivity index (χ4v) is 2.08. The number of cyclic esters (lactones) is 1. The third-order valence-corrected chi connectivity index (χ3v) is 3.08. The highest BCUT2D eigenvalue weighted by Gasteiger charge is 2.30. The van der Waals surface area contributed by atoms with Gasteiger partial charge < -0.3 is 4.74 Å². The van der Waals surface area contributed by atoms with Crippen molar-refractivity contribution in [2.24, 2.45) is 0 Å². The van der Waals surface area contributed by atoms with Crippen LogP contribution in [-0.2, 0) is 9.53 Å². The molecule has 2 rings (SSSR count). The van der Waals surface area contributed by atoms with Gasteiger partial charge in [-0.15, -0.1) is 0 Å². The molecule has 0 bridgehead atoms. The van der Waals surface area contributed by atoms with Crippen molar-refractivity contribution in [1.29, 1.82) is 0 Å². The fraction of sp³-hybridized carbons (Fsp3) is 0.308. The molecular weight excluding hydrogens is 224 g/mol. The Labute approximate surface area is 99.9 Å². The smallest absolute Gasteiger partial charge is 0.334 e. The van der Waals surface area contributed by atoms with Crippen LogP contribution in [0.4, 0.5) is 0 Å². The maximum Gasteiger partial charge on any atom is 0.334 e. The molecule has 2 atom stereocenters. The van der Waals surface area contributed by atoms with Crippen LogP contribution in [0, 0.1) is 0 Å². The van der Waals surface area contributed by atoms with E-state index in [1.54, 1.807) is 0 Å². The van der Waals surface area contributed by atoms with Crippen molar-refractivity contribution in [3.63, 3.8) is 0 Å². The van der Waals surface area contributed by atoms with Gasteiger partial charge in [-0.1, -0.05) is 30.3 Å². The number of esters is 1. The molecule has 0 spiro atoms. The van der Waals surface area contributed by atoms with Crippen LogP contribution < -0.4 is 0 Å². The Bertz CT molecular complexity index is 422. The number of rotatable bonds is 1. The number of carbonyl (C=O) groups is 1. The Hall–Kier alpha value is -1.28. The van der Waals surface area contributed by atoms with Gasteiger partial charge in [-0.3, -0.25) is 0 Å². The number of carbonyl (C=O) groups excluding carboxylic acids is 1. The molecule has 0 aliphatic carbocycles. The summed E-state index contributed by atoms with van der Waals surface area (Å²) in [5, 5.41) is 0.695. The Morgan fingerprint density at radius 1 is 1.38 bits per heavy atom. The van der Waals surface area contributed by atoms with Gasteiger partial charge >= 0.3 is 5.97 Å². The Kier molecular flexibility index (Phi) is 3.01. The zero-order chi connectivity index (χ0) is 11.7. The Morgan fingerprint density at radius 2 is 2.00 bits per heavy atom. The normalized spacial score (nSPS) is 25.4. The van der Waals surface area contributed by atoms with Crippen molar-refractivity contribution in [2.75, 3.05) is 0 Å². The predicted molar refractivity (Wildman–Crippen MR) is 63.5 cm³/mol. The highest BCUT2D eigenvalue weighted by molar-refractivity contribution is 6.30. The molecule has 0 amide bonds. The first-order valence-electron chi connectivity index (χ1n) is 5.23. The van der Waals surface area contributed by atoms with E-state index >= 15 is 0 Å². The van der Waals surface area contributed by atoms with Gasteiger partial charge in [0.25, 0.3) is 0 Å². The topological polar surface area (TPSA) is 26.3 Å². The summed E-state index contributed by atoms with van der Waals surface area (Å²) in [4.78, 5) is 11.5. The summed E-state index contributed by atoms with van der Waals surface area (Å²) < 4.78 is 5.11. The molecule has 3 heteroatoms. The second-order valence-electron chi connectivity index (χ2n) is 4.08. The minimum atomic E-state index is -0.293. The van der Waals surface area contributed by atoms with Gasteiger partial charge in [0.1, 0.15) is 6.10 Å². The van der Waals surface area contributed by atoms with Crippen LogP contribution in [0.15, 0.2) is 36.4 Å². The maximum absolute atomic E-state index is 11.5. The molecule has 0 saturated carbocycles. The first kappa shape index (κ1) is 11.2. The van der Waals surface area contributed by atoms with Gasteiger partial charge in [-0.25, -0.2) is 4.79 Å². The first-order valence-corrected chi connectivity index (χ1v) is 5.61. The SMILES string of the molecule is C=C1C(=O)OC(C)CC1c1ccc(Cl)cc1. The van der Waals surface area contributed by atoms with Gasteiger partial charge in [0, 0.05) is 16.5 Å². The van der Waals surface area contributed by atoms with Crippen LogP contribution in [0.2, 0.25) is 5.02 Å². The summed E-state index contributed by atoms with van der Waals surface area (Å²) in [6, 6.07) is 7.52. The number of halogens is 1. The van der Waals surface area contributed by atoms with E-state index in [0.717, 1.165) is 12.0 Å². The zero-order valence-corrected chi connectivity index (χ0v) is 9.83. The van der Waals surface area contributed by atoms with Crippen LogP contribution in [0.5, 0.6) is 0 Å². The summed E-state index contributed by atoms with van der Waals surface area (Å²) in [5.41, 5.74) is 1.60. The molecule has 1 aromatic rings. The number of hydrogen-bond donors (Lipinski definition) is 0. The monoisotopic (exact) mass is 236 g/mol. The van der Waals surface area contributed by atoms with E-state index in [-0.39, 0.29) is 18.0 Å². The average Bonchev–Trinajstić information content (AvgIpc) is 2.25. The molecule has 1 aliphatic rings.